The van der Waals surface area contributed by atoms with Crippen LogP contribution in [0.25, 0.3) is 0 Å². The fraction of sp³-hybridized carbons (Fsp3) is 0.200. The molecule has 0 aliphatic carbocycles. The molecule has 106 valence electrons. The lowest BCUT2D eigenvalue weighted by molar-refractivity contribution is 0.436. The van der Waals surface area contributed by atoms with Crippen LogP contribution in [-0.2, 0) is 0 Å². The Kier molecular flexibility index (Phi) is 2.96. The van der Waals surface area contributed by atoms with E-state index >= 15 is 0 Å². The van der Waals surface area contributed by atoms with Crippen LogP contribution in [0.3, 0.4) is 0 Å². The highest BCUT2D eigenvalue weighted by molar-refractivity contribution is 7.10. The number of anilines is 1. The predicted molar refractivity (Wildman–Crippen MR) is 79.9 cm³/mol. The molecule has 21 heavy (non-hydrogen) atoms. The van der Waals surface area contributed by atoms with Crippen LogP contribution < -0.4 is 5.32 Å². The number of nitrogens with zero attached hydrogens (tertiary/aromatic N) is 3. The van der Waals surface area contributed by atoms with E-state index in [2.05, 4.69) is 26.8 Å². The number of hydrogen-bond acceptors (Lipinski definition) is 4. The largest absolute Gasteiger partial charge is 0.348 e. The molecular weight excluding hydrogens is 287 g/mol. The van der Waals surface area contributed by atoms with Crippen molar-refractivity contribution in [2.24, 2.45) is 0 Å². The summed E-state index contributed by atoms with van der Waals surface area (Å²) in [6, 6.07) is 11.1. The van der Waals surface area contributed by atoms with Crippen molar-refractivity contribution in [2.75, 3.05) is 5.32 Å². The molecule has 0 saturated heterocycles. The number of fused-ring (bicyclic) bond motifs is 1. The average molecular weight is 300 g/mol. The molecule has 0 bridgehead atoms. The summed E-state index contributed by atoms with van der Waals surface area (Å²) in [5.74, 6) is 0.543. The molecule has 1 N–H and O–H groups in total. The predicted octanol–water partition coefficient (Wildman–Crippen LogP) is 3.63. The first-order valence-corrected chi connectivity index (χ1v) is 7.64. The number of rotatable bonds is 2. The van der Waals surface area contributed by atoms with Gasteiger partial charge in [0.1, 0.15) is 12.1 Å². The minimum absolute atomic E-state index is 0.106. The molecule has 3 heterocycles. The van der Waals surface area contributed by atoms with Crippen molar-refractivity contribution in [1.82, 2.24) is 14.8 Å². The number of halogens is 1. The monoisotopic (exact) mass is 300 g/mol. The lowest BCUT2D eigenvalue weighted by Gasteiger charge is -2.31. The number of hydrogen-bond donors (Lipinski definition) is 1. The van der Waals surface area contributed by atoms with Gasteiger partial charge in [-0.1, -0.05) is 18.2 Å². The molecule has 6 heteroatoms. The van der Waals surface area contributed by atoms with Gasteiger partial charge in [-0.05, 0) is 35.6 Å². The molecule has 4 nitrogen and oxygen atoms in total. The third-order valence-corrected chi connectivity index (χ3v) is 4.75. The first kappa shape index (κ1) is 12.5. The lowest BCUT2D eigenvalue weighted by Crippen LogP contribution is -2.27. The van der Waals surface area contributed by atoms with Crippen LogP contribution in [0.15, 0.2) is 48.1 Å². The first-order valence-electron chi connectivity index (χ1n) is 6.76. The van der Waals surface area contributed by atoms with E-state index in [9.17, 15) is 4.39 Å². The molecule has 0 unspecified atom stereocenters. The van der Waals surface area contributed by atoms with Gasteiger partial charge in [-0.2, -0.15) is 10.1 Å². The minimum Gasteiger partial charge on any atom is -0.348 e. The van der Waals surface area contributed by atoms with Crippen LogP contribution in [0.5, 0.6) is 0 Å². The smallest absolute Gasteiger partial charge is 0.222 e. The van der Waals surface area contributed by atoms with E-state index in [1.165, 1.54) is 17.0 Å². The van der Waals surface area contributed by atoms with Crippen molar-refractivity contribution < 1.29 is 4.39 Å². The zero-order valence-electron chi connectivity index (χ0n) is 11.1. The molecule has 1 aliphatic heterocycles. The van der Waals surface area contributed by atoms with Gasteiger partial charge in [0, 0.05) is 4.88 Å². The van der Waals surface area contributed by atoms with E-state index in [0.29, 0.717) is 0 Å². The van der Waals surface area contributed by atoms with Crippen molar-refractivity contribution in [1.29, 1.82) is 0 Å². The van der Waals surface area contributed by atoms with Crippen molar-refractivity contribution in [2.45, 2.75) is 18.5 Å². The maximum absolute atomic E-state index is 13.1. The van der Waals surface area contributed by atoms with Crippen LogP contribution in [-0.4, -0.2) is 14.8 Å². The molecule has 0 radical (unpaired) electrons. The lowest BCUT2D eigenvalue weighted by atomic mass is 9.97. The molecule has 4 rings (SSSR count). The van der Waals surface area contributed by atoms with E-state index in [0.717, 1.165) is 17.9 Å². The van der Waals surface area contributed by atoms with Crippen molar-refractivity contribution in [3.05, 3.63) is 64.4 Å². The molecule has 0 spiro atoms. The maximum Gasteiger partial charge on any atom is 0.222 e. The molecular formula is C15H13FN4S. The Morgan fingerprint density at radius 1 is 1.24 bits per heavy atom. The van der Waals surface area contributed by atoms with E-state index in [1.807, 2.05) is 22.9 Å². The second-order valence-corrected chi connectivity index (χ2v) is 6.02. The molecule has 1 aliphatic rings. The zero-order valence-corrected chi connectivity index (χ0v) is 11.9. The SMILES string of the molecule is Fc1ccc([C@H]2C[C@@H](c3cccs3)n3ncnc3N2)cc1. The second kappa shape index (κ2) is 4.96. The van der Waals surface area contributed by atoms with Gasteiger partial charge in [0.05, 0.1) is 12.1 Å². The Bertz CT molecular complexity index is 735. The summed E-state index contributed by atoms with van der Waals surface area (Å²) in [6.45, 7) is 0. The van der Waals surface area contributed by atoms with Crippen LogP contribution >= 0.6 is 11.3 Å². The topological polar surface area (TPSA) is 42.7 Å². The third kappa shape index (κ3) is 2.21. The summed E-state index contributed by atoms with van der Waals surface area (Å²) < 4.78 is 15.0. The summed E-state index contributed by atoms with van der Waals surface area (Å²) in [5.41, 5.74) is 1.06. The first-order chi connectivity index (χ1) is 10.3. The summed E-state index contributed by atoms with van der Waals surface area (Å²) in [6.07, 6.45) is 2.43. The van der Waals surface area contributed by atoms with Crippen molar-refractivity contribution >= 4 is 17.3 Å². The number of thiophene rings is 1. The summed E-state index contributed by atoms with van der Waals surface area (Å²) >= 11 is 1.72. The van der Waals surface area contributed by atoms with Gasteiger partial charge < -0.3 is 5.32 Å². The molecule has 3 aromatic rings. The van der Waals surface area contributed by atoms with E-state index in [1.54, 1.807) is 17.7 Å². The Morgan fingerprint density at radius 3 is 2.86 bits per heavy atom. The Balaban J connectivity index is 1.72. The highest BCUT2D eigenvalue weighted by Gasteiger charge is 2.30. The van der Waals surface area contributed by atoms with Gasteiger partial charge in [-0.3, -0.25) is 0 Å². The van der Waals surface area contributed by atoms with Crippen LogP contribution in [0.2, 0.25) is 0 Å². The van der Waals surface area contributed by atoms with Gasteiger partial charge in [-0.15, -0.1) is 11.3 Å². The quantitative estimate of drug-likeness (QED) is 0.786. The minimum atomic E-state index is -0.215. The fourth-order valence-corrected chi connectivity index (χ4v) is 3.58. The van der Waals surface area contributed by atoms with Gasteiger partial charge in [0.2, 0.25) is 5.95 Å². The second-order valence-electron chi connectivity index (χ2n) is 5.04. The van der Waals surface area contributed by atoms with E-state index in [4.69, 9.17) is 0 Å². The third-order valence-electron chi connectivity index (χ3n) is 3.77. The standard InChI is InChI=1S/C15H13FN4S/c16-11-5-3-10(4-6-11)12-8-13(14-2-1-7-21-14)20-15(19-12)17-9-18-20/h1-7,9,12-13H,8H2,(H,17,18,19)/t12-,13+/m1/s1. The zero-order chi connectivity index (χ0) is 14.2. The highest BCUT2D eigenvalue weighted by atomic mass is 32.1. The van der Waals surface area contributed by atoms with Gasteiger partial charge in [0.25, 0.3) is 0 Å². The molecule has 1 aromatic carbocycles. The Morgan fingerprint density at radius 2 is 2.10 bits per heavy atom. The molecule has 2 atom stereocenters. The summed E-state index contributed by atoms with van der Waals surface area (Å²) in [5, 5.41) is 9.77. The summed E-state index contributed by atoms with van der Waals surface area (Å²) in [4.78, 5) is 5.54. The highest BCUT2D eigenvalue weighted by Crippen LogP contribution is 2.38. The Labute approximate surface area is 125 Å². The van der Waals surface area contributed by atoms with Crippen molar-refractivity contribution in [3.8, 4) is 0 Å². The summed E-state index contributed by atoms with van der Waals surface area (Å²) in [7, 11) is 0. The van der Waals surface area contributed by atoms with Gasteiger partial charge in [0.15, 0.2) is 0 Å². The maximum atomic E-state index is 13.1. The normalized spacial score (nSPS) is 20.8. The fourth-order valence-electron chi connectivity index (χ4n) is 2.75. The van der Waals surface area contributed by atoms with Crippen LogP contribution in [0.4, 0.5) is 10.3 Å². The number of benzene rings is 1. The molecule has 2 aromatic heterocycles. The molecule has 0 amide bonds. The van der Waals surface area contributed by atoms with E-state index in [-0.39, 0.29) is 17.9 Å². The molecule has 0 fully saturated rings. The van der Waals surface area contributed by atoms with Gasteiger partial charge >= 0.3 is 0 Å². The van der Waals surface area contributed by atoms with Crippen LogP contribution in [0, 0.1) is 5.82 Å². The van der Waals surface area contributed by atoms with E-state index < -0.39 is 0 Å². The Hall–Kier alpha value is -2.21. The average Bonchev–Trinajstić information content (AvgIpc) is 3.18. The van der Waals surface area contributed by atoms with Crippen molar-refractivity contribution in [3.63, 3.8) is 0 Å². The molecule has 0 saturated carbocycles. The number of aromatic nitrogens is 3. The van der Waals surface area contributed by atoms with Gasteiger partial charge in [-0.25, -0.2) is 9.07 Å². The number of nitrogens with one attached hydrogen (secondary N) is 1. The van der Waals surface area contributed by atoms with Crippen LogP contribution in [0.1, 0.15) is 28.9 Å².